The number of hydrogen-bond acceptors (Lipinski definition) is 2. The van der Waals surface area contributed by atoms with Crippen LogP contribution in [0.4, 0.5) is 10.1 Å². The van der Waals surface area contributed by atoms with E-state index in [2.05, 4.69) is 20.7 Å². The zero-order chi connectivity index (χ0) is 13.9. The number of sulfonamides is 1. The van der Waals surface area contributed by atoms with Gasteiger partial charge in [0.25, 0.3) is 0 Å². The maximum absolute atomic E-state index is 13.6. The zero-order valence-electron chi connectivity index (χ0n) is 10.5. The predicted octanol–water partition coefficient (Wildman–Crippen LogP) is 3.91. The molecule has 1 N–H and O–H groups in total. The van der Waals surface area contributed by atoms with Crippen LogP contribution in [-0.2, 0) is 10.0 Å². The fraction of sp³-hybridized carbons (Fsp3) is 0.538. The lowest BCUT2D eigenvalue weighted by Gasteiger charge is -2.21. The summed E-state index contributed by atoms with van der Waals surface area (Å²) in [5, 5.41) is 0. The van der Waals surface area contributed by atoms with Gasteiger partial charge >= 0.3 is 0 Å². The molecule has 106 valence electrons. The molecule has 1 aromatic rings. The van der Waals surface area contributed by atoms with Crippen molar-refractivity contribution < 1.29 is 12.8 Å². The highest BCUT2D eigenvalue weighted by Crippen LogP contribution is 2.26. The van der Waals surface area contributed by atoms with E-state index in [1.807, 2.05) is 0 Å². The first kappa shape index (κ1) is 14.8. The molecule has 3 nitrogen and oxygen atoms in total. The Hall–Kier alpha value is -0.620. The van der Waals surface area contributed by atoms with Gasteiger partial charge in [0.05, 0.1) is 11.4 Å². The van der Waals surface area contributed by atoms with Crippen molar-refractivity contribution in [3.8, 4) is 0 Å². The van der Waals surface area contributed by atoms with E-state index >= 15 is 0 Å². The molecule has 0 unspecified atom stereocenters. The second-order valence-corrected chi connectivity index (χ2v) is 7.69. The van der Waals surface area contributed by atoms with E-state index in [0.29, 0.717) is 4.47 Å². The minimum absolute atomic E-state index is 0.0130. The highest BCUT2D eigenvalue weighted by molar-refractivity contribution is 9.10. The Balaban J connectivity index is 2.03. The molecule has 0 radical (unpaired) electrons. The van der Waals surface area contributed by atoms with E-state index in [1.165, 1.54) is 18.6 Å². The maximum Gasteiger partial charge on any atom is 0.233 e. The number of hydrogen-bond donors (Lipinski definition) is 1. The van der Waals surface area contributed by atoms with Crippen LogP contribution in [0.2, 0.25) is 0 Å². The summed E-state index contributed by atoms with van der Waals surface area (Å²) < 4.78 is 40.6. The third-order valence-corrected chi connectivity index (χ3v) is 5.31. The Bertz CT molecular complexity index is 542. The molecule has 1 fully saturated rings. The van der Waals surface area contributed by atoms with Crippen molar-refractivity contribution in [1.29, 1.82) is 0 Å². The van der Waals surface area contributed by atoms with Crippen LogP contribution in [0.1, 0.15) is 32.1 Å². The van der Waals surface area contributed by atoms with Crippen LogP contribution < -0.4 is 4.72 Å². The van der Waals surface area contributed by atoms with Gasteiger partial charge in [-0.15, -0.1) is 0 Å². The molecule has 0 amide bonds. The van der Waals surface area contributed by atoms with Crippen LogP contribution in [0, 0.1) is 11.7 Å². The summed E-state index contributed by atoms with van der Waals surface area (Å²) in [5.74, 6) is -0.283. The van der Waals surface area contributed by atoms with Crippen LogP contribution in [0.3, 0.4) is 0 Å². The van der Waals surface area contributed by atoms with Gasteiger partial charge in [0.1, 0.15) is 5.82 Å². The third kappa shape index (κ3) is 4.45. The van der Waals surface area contributed by atoms with E-state index in [9.17, 15) is 12.8 Å². The van der Waals surface area contributed by atoms with Gasteiger partial charge in [0.2, 0.25) is 10.0 Å². The average Bonchev–Trinajstić information content (AvgIpc) is 2.33. The van der Waals surface area contributed by atoms with E-state index < -0.39 is 15.8 Å². The Kier molecular flexibility index (Phi) is 4.84. The summed E-state index contributed by atoms with van der Waals surface area (Å²) in [6.45, 7) is 0. The summed E-state index contributed by atoms with van der Waals surface area (Å²) in [7, 11) is -3.47. The molecule has 6 heteroatoms. The smallest absolute Gasteiger partial charge is 0.233 e. The Morgan fingerprint density at radius 2 is 1.95 bits per heavy atom. The quantitative estimate of drug-likeness (QED) is 0.895. The molecule has 0 saturated heterocycles. The van der Waals surface area contributed by atoms with Crippen LogP contribution in [-0.4, -0.2) is 14.2 Å². The molecule has 1 aliphatic carbocycles. The highest BCUT2D eigenvalue weighted by atomic mass is 79.9. The first-order valence-electron chi connectivity index (χ1n) is 6.42. The number of halogens is 2. The summed E-state index contributed by atoms with van der Waals surface area (Å²) in [6, 6.07) is 4.29. The number of rotatable bonds is 4. The van der Waals surface area contributed by atoms with Crippen LogP contribution >= 0.6 is 15.9 Å². The summed E-state index contributed by atoms with van der Waals surface area (Å²) in [5.41, 5.74) is 0.0130. The molecule has 2 rings (SSSR count). The molecular formula is C13H17BrFNO2S. The average molecular weight is 350 g/mol. The molecule has 1 saturated carbocycles. The Morgan fingerprint density at radius 1 is 1.26 bits per heavy atom. The molecule has 0 atom stereocenters. The lowest BCUT2D eigenvalue weighted by atomic mass is 9.91. The van der Waals surface area contributed by atoms with Crippen molar-refractivity contribution in [3.63, 3.8) is 0 Å². The van der Waals surface area contributed by atoms with E-state index in [1.54, 1.807) is 6.07 Å². The predicted molar refractivity (Wildman–Crippen MR) is 78.1 cm³/mol. The fourth-order valence-corrected chi connectivity index (χ4v) is 4.32. The monoisotopic (exact) mass is 349 g/mol. The minimum Gasteiger partial charge on any atom is -0.281 e. The summed E-state index contributed by atoms with van der Waals surface area (Å²) >= 11 is 3.14. The highest BCUT2D eigenvalue weighted by Gasteiger charge is 2.22. The van der Waals surface area contributed by atoms with Gasteiger partial charge in [0, 0.05) is 4.47 Å². The topological polar surface area (TPSA) is 46.2 Å². The van der Waals surface area contributed by atoms with Gasteiger partial charge in [0.15, 0.2) is 0 Å². The van der Waals surface area contributed by atoms with E-state index in [0.717, 1.165) is 25.7 Å². The van der Waals surface area contributed by atoms with Crippen LogP contribution in [0.5, 0.6) is 0 Å². The first-order chi connectivity index (χ1) is 8.96. The second kappa shape index (κ2) is 6.22. The number of nitrogens with one attached hydrogen (secondary N) is 1. The Labute approximate surface area is 121 Å². The molecule has 1 aliphatic rings. The van der Waals surface area contributed by atoms with Gasteiger partial charge < -0.3 is 0 Å². The molecule has 19 heavy (non-hydrogen) atoms. The molecule has 0 spiro atoms. The normalized spacial score (nSPS) is 17.4. The van der Waals surface area contributed by atoms with Crippen molar-refractivity contribution in [1.82, 2.24) is 0 Å². The van der Waals surface area contributed by atoms with Crippen molar-refractivity contribution in [2.24, 2.45) is 5.92 Å². The lowest BCUT2D eigenvalue weighted by molar-refractivity contribution is 0.385. The fourth-order valence-electron chi connectivity index (χ4n) is 2.45. The number of anilines is 1. The molecule has 0 bridgehead atoms. The molecular weight excluding hydrogens is 333 g/mol. The third-order valence-electron chi connectivity index (χ3n) is 3.38. The van der Waals surface area contributed by atoms with Crippen LogP contribution in [0.15, 0.2) is 22.7 Å². The van der Waals surface area contributed by atoms with Gasteiger partial charge in [-0.05, 0) is 37.0 Å². The number of benzene rings is 1. The molecule has 0 aromatic heterocycles. The lowest BCUT2D eigenvalue weighted by Crippen LogP contribution is -2.24. The maximum atomic E-state index is 13.6. The molecule has 0 aliphatic heterocycles. The van der Waals surface area contributed by atoms with Crippen molar-refractivity contribution in [2.45, 2.75) is 32.1 Å². The zero-order valence-corrected chi connectivity index (χ0v) is 12.9. The largest absolute Gasteiger partial charge is 0.281 e. The van der Waals surface area contributed by atoms with Gasteiger partial charge in [-0.2, -0.15) is 0 Å². The minimum atomic E-state index is -3.47. The standard InChI is InChI=1S/C13H17BrFNO2S/c14-11-6-7-13(12(15)8-11)16-19(17,18)9-10-4-2-1-3-5-10/h6-8,10,16H,1-5,9H2. The first-order valence-corrected chi connectivity index (χ1v) is 8.86. The summed E-state index contributed by atoms with van der Waals surface area (Å²) in [6.07, 6.45) is 5.26. The van der Waals surface area contributed by atoms with Crippen LogP contribution in [0.25, 0.3) is 0 Å². The van der Waals surface area contributed by atoms with Gasteiger partial charge in [-0.1, -0.05) is 35.2 Å². The van der Waals surface area contributed by atoms with E-state index in [4.69, 9.17) is 0 Å². The summed E-state index contributed by atoms with van der Waals surface area (Å²) in [4.78, 5) is 0. The van der Waals surface area contributed by atoms with Crippen molar-refractivity contribution in [3.05, 3.63) is 28.5 Å². The second-order valence-electron chi connectivity index (χ2n) is 5.01. The van der Waals surface area contributed by atoms with Crippen molar-refractivity contribution >= 4 is 31.6 Å². The Morgan fingerprint density at radius 3 is 2.58 bits per heavy atom. The van der Waals surface area contributed by atoms with Crippen molar-refractivity contribution in [2.75, 3.05) is 10.5 Å². The van der Waals surface area contributed by atoms with Gasteiger partial charge in [-0.3, -0.25) is 4.72 Å². The SMILES string of the molecule is O=S(=O)(CC1CCCCC1)Nc1ccc(Br)cc1F. The molecule has 1 aromatic carbocycles. The van der Waals surface area contributed by atoms with Gasteiger partial charge in [-0.25, -0.2) is 12.8 Å². The van der Waals surface area contributed by atoms with E-state index in [-0.39, 0.29) is 17.4 Å². The molecule has 0 heterocycles.